The summed E-state index contributed by atoms with van der Waals surface area (Å²) in [6.45, 7) is 8.11. The molecular formula is C21H21ClN2O2. The van der Waals surface area contributed by atoms with Gasteiger partial charge in [-0.3, -0.25) is 9.59 Å². The summed E-state index contributed by atoms with van der Waals surface area (Å²) in [4.78, 5) is 26.5. The zero-order valence-electron chi connectivity index (χ0n) is 15.3. The molecule has 0 aliphatic carbocycles. The number of nitrogens with one attached hydrogen (secondary N) is 1. The number of halogens is 1. The fourth-order valence-corrected chi connectivity index (χ4v) is 3.16. The van der Waals surface area contributed by atoms with Crippen molar-refractivity contribution < 1.29 is 9.59 Å². The van der Waals surface area contributed by atoms with Crippen molar-refractivity contribution in [3.63, 3.8) is 0 Å². The Bertz CT molecular complexity index is 914. The van der Waals surface area contributed by atoms with Crippen molar-refractivity contribution in [3.8, 4) is 0 Å². The van der Waals surface area contributed by atoms with Crippen LogP contribution in [0.1, 0.15) is 36.5 Å². The van der Waals surface area contributed by atoms with Gasteiger partial charge in [-0.1, -0.05) is 55.3 Å². The Morgan fingerprint density at radius 2 is 1.62 bits per heavy atom. The second-order valence-electron chi connectivity index (χ2n) is 6.82. The number of imide groups is 1. The second-order valence-corrected chi connectivity index (χ2v) is 7.20. The smallest absolute Gasteiger partial charge is 0.283 e. The lowest BCUT2D eigenvalue weighted by Crippen LogP contribution is -2.32. The monoisotopic (exact) mass is 368 g/mol. The highest BCUT2D eigenvalue weighted by Crippen LogP contribution is 2.31. The molecule has 26 heavy (non-hydrogen) atoms. The highest BCUT2D eigenvalue weighted by atomic mass is 35.5. The molecule has 0 radical (unpaired) electrons. The average molecular weight is 369 g/mol. The summed E-state index contributed by atoms with van der Waals surface area (Å²) in [5.41, 5.74) is 4.61. The first-order chi connectivity index (χ1) is 12.3. The highest BCUT2D eigenvalue weighted by Gasteiger charge is 2.39. The molecule has 0 atom stereocenters. The molecule has 0 bridgehead atoms. The van der Waals surface area contributed by atoms with Crippen molar-refractivity contribution >= 4 is 34.8 Å². The van der Waals surface area contributed by atoms with Gasteiger partial charge in [0.2, 0.25) is 0 Å². The Morgan fingerprint density at radius 3 is 2.19 bits per heavy atom. The molecule has 1 aliphatic rings. The average Bonchev–Trinajstić information content (AvgIpc) is 2.80. The summed E-state index contributed by atoms with van der Waals surface area (Å²) in [6.07, 6.45) is 0. The molecule has 0 unspecified atom stereocenters. The van der Waals surface area contributed by atoms with E-state index in [1.54, 1.807) is 12.1 Å². The number of amides is 2. The zero-order valence-corrected chi connectivity index (χ0v) is 16.0. The molecular weight excluding hydrogens is 348 g/mol. The minimum absolute atomic E-state index is 0.0945. The van der Waals surface area contributed by atoms with Gasteiger partial charge in [0.05, 0.1) is 5.69 Å². The van der Waals surface area contributed by atoms with Crippen molar-refractivity contribution in [1.82, 2.24) is 0 Å². The van der Waals surface area contributed by atoms with Gasteiger partial charge >= 0.3 is 0 Å². The van der Waals surface area contributed by atoms with Crippen molar-refractivity contribution in [2.75, 3.05) is 10.2 Å². The van der Waals surface area contributed by atoms with E-state index >= 15 is 0 Å². The molecule has 1 aliphatic heterocycles. The third kappa shape index (κ3) is 3.25. The van der Waals surface area contributed by atoms with Crippen molar-refractivity contribution in [2.45, 2.75) is 33.6 Å². The summed E-state index contributed by atoms with van der Waals surface area (Å²) in [7, 11) is 0. The van der Waals surface area contributed by atoms with Crippen LogP contribution in [0.5, 0.6) is 0 Å². The highest BCUT2D eigenvalue weighted by molar-refractivity contribution is 6.53. The maximum absolute atomic E-state index is 12.8. The van der Waals surface area contributed by atoms with E-state index in [1.165, 1.54) is 0 Å². The third-order valence-corrected chi connectivity index (χ3v) is 4.84. The first kappa shape index (κ1) is 18.2. The molecule has 0 aromatic heterocycles. The van der Waals surface area contributed by atoms with E-state index in [0.29, 0.717) is 11.6 Å². The SMILES string of the molecule is Cc1ccc(NC2=C(Cl)C(=O)N(c3ccc(C(C)C)cc3)C2=O)c(C)c1. The molecule has 2 aromatic carbocycles. The van der Waals surface area contributed by atoms with Crippen LogP contribution in [0.3, 0.4) is 0 Å². The Balaban J connectivity index is 1.89. The number of carbonyl (C=O) groups is 2. The molecule has 1 heterocycles. The van der Waals surface area contributed by atoms with E-state index in [2.05, 4.69) is 19.2 Å². The van der Waals surface area contributed by atoms with Gasteiger partial charge in [-0.15, -0.1) is 0 Å². The quantitative estimate of drug-likeness (QED) is 0.784. The van der Waals surface area contributed by atoms with Crippen molar-refractivity contribution in [2.24, 2.45) is 0 Å². The Hall–Kier alpha value is -2.59. The zero-order chi connectivity index (χ0) is 19.0. The number of nitrogens with zero attached hydrogens (tertiary/aromatic N) is 1. The molecule has 2 aromatic rings. The van der Waals surface area contributed by atoms with Gasteiger partial charge in [-0.25, -0.2) is 4.90 Å². The standard InChI is InChI=1S/C21H21ClN2O2/c1-12(2)15-6-8-16(9-7-15)24-20(25)18(22)19(21(24)26)23-17-10-5-13(3)11-14(17)4/h5-12,23H,1-4H3. The number of rotatable bonds is 4. The predicted octanol–water partition coefficient (Wildman–Crippen LogP) is 4.86. The van der Waals surface area contributed by atoms with Crippen molar-refractivity contribution in [1.29, 1.82) is 0 Å². The molecule has 5 heteroatoms. The lowest BCUT2D eigenvalue weighted by molar-refractivity contribution is -0.120. The van der Waals surface area contributed by atoms with Gasteiger partial charge in [-0.2, -0.15) is 0 Å². The minimum Gasteiger partial charge on any atom is -0.349 e. The van der Waals surface area contributed by atoms with E-state index < -0.39 is 11.8 Å². The summed E-state index contributed by atoms with van der Waals surface area (Å²) in [6, 6.07) is 13.2. The molecule has 4 nitrogen and oxygen atoms in total. The van der Waals surface area contributed by atoms with E-state index in [4.69, 9.17) is 11.6 Å². The lowest BCUT2D eigenvalue weighted by Gasteiger charge is -2.16. The Labute approximate surface area is 158 Å². The second kappa shape index (κ2) is 6.96. The number of benzene rings is 2. The van der Waals surface area contributed by atoms with Gasteiger partial charge < -0.3 is 5.32 Å². The van der Waals surface area contributed by atoms with Gasteiger partial charge in [0.15, 0.2) is 0 Å². The van der Waals surface area contributed by atoms with E-state index in [-0.39, 0.29) is 10.7 Å². The molecule has 0 spiro atoms. The molecule has 1 N–H and O–H groups in total. The summed E-state index contributed by atoms with van der Waals surface area (Å²) in [5.74, 6) is -0.587. The number of aryl methyl sites for hydroxylation is 2. The van der Waals surface area contributed by atoms with Crippen LogP contribution in [0.15, 0.2) is 53.2 Å². The van der Waals surface area contributed by atoms with E-state index in [9.17, 15) is 9.59 Å². The van der Waals surface area contributed by atoms with Crippen LogP contribution in [-0.2, 0) is 9.59 Å². The fourth-order valence-electron chi connectivity index (χ4n) is 2.94. The van der Waals surface area contributed by atoms with Gasteiger partial charge in [0, 0.05) is 5.69 Å². The maximum atomic E-state index is 12.8. The first-order valence-electron chi connectivity index (χ1n) is 8.52. The largest absolute Gasteiger partial charge is 0.349 e. The summed E-state index contributed by atoms with van der Waals surface area (Å²) >= 11 is 6.19. The normalized spacial score (nSPS) is 14.6. The number of hydrogen-bond donors (Lipinski definition) is 1. The third-order valence-electron chi connectivity index (χ3n) is 4.49. The van der Waals surface area contributed by atoms with Crippen LogP contribution in [0.25, 0.3) is 0 Å². The van der Waals surface area contributed by atoms with Crippen LogP contribution in [0, 0.1) is 13.8 Å². The lowest BCUT2D eigenvalue weighted by atomic mass is 10.0. The number of carbonyl (C=O) groups excluding carboxylic acids is 2. The van der Waals surface area contributed by atoms with E-state index in [1.807, 2.05) is 44.2 Å². The van der Waals surface area contributed by atoms with Gasteiger partial charge in [-0.05, 0) is 49.1 Å². The van der Waals surface area contributed by atoms with Crippen molar-refractivity contribution in [3.05, 3.63) is 69.9 Å². The molecule has 0 saturated carbocycles. The van der Waals surface area contributed by atoms with Gasteiger partial charge in [0.25, 0.3) is 11.8 Å². The number of anilines is 2. The predicted molar refractivity (Wildman–Crippen MR) is 105 cm³/mol. The van der Waals surface area contributed by atoms with Crippen LogP contribution in [0.4, 0.5) is 11.4 Å². The van der Waals surface area contributed by atoms with Crippen LogP contribution in [0.2, 0.25) is 0 Å². The summed E-state index contributed by atoms with van der Waals surface area (Å²) < 4.78 is 0. The van der Waals surface area contributed by atoms with Crippen LogP contribution in [-0.4, -0.2) is 11.8 Å². The topological polar surface area (TPSA) is 49.4 Å². The minimum atomic E-state index is -0.513. The molecule has 0 fully saturated rings. The number of hydrogen-bond acceptors (Lipinski definition) is 3. The maximum Gasteiger partial charge on any atom is 0.283 e. The van der Waals surface area contributed by atoms with Crippen LogP contribution < -0.4 is 10.2 Å². The molecule has 2 amide bonds. The first-order valence-corrected chi connectivity index (χ1v) is 8.90. The fraction of sp³-hybridized carbons (Fsp3) is 0.238. The summed E-state index contributed by atoms with van der Waals surface area (Å²) in [5, 5.41) is 2.94. The molecule has 0 saturated heterocycles. The van der Waals surface area contributed by atoms with Crippen LogP contribution >= 0.6 is 11.6 Å². The molecule has 3 rings (SSSR count). The molecule has 134 valence electrons. The Morgan fingerprint density at radius 1 is 0.962 bits per heavy atom. The Kier molecular flexibility index (Phi) is 4.88. The van der Waals surface area contributed by atoms with E-state index in [0.717, 1.165) is 27.3 Å². The van der Waals surface area contributed by atoms with Gasteiger partial charge in [0.1, 0.15) is 10.7 Å².